The third-order valence-electron chi connectivity index (χ3n) is 17.8. The zero-order valence-electron chi connectivity index (χ0n) is 57.5. The van der Waals surface area contributed by atoms with E-state index in [-0.39, 0.29) is 45.0 Å². The zero-order valence-corrected chi connectivity index (χ0v) is 59.0. The minimum absolute atomic E-state index is 0.126. The van der Waals surface area contributed by atoms with Crippen LogP contribution in [-0.4, -0.2) is 61.6 Å². The molecule has 8 N–H and O–H groups in total. The number of carbonyl (C=O) groups is 4. The van der Waals surface area contributed by atoms with E-state index >= 15 is 0 Å². The number of hydrogen-bond donors (Lipinski definition) is 8. The van der Waals surface area contributed by atoms with Gasteiger partial charge in [0.2, 0.25) is 0 Å². The van der Waals surface area contributed by atoms with Crippen LogP contribution in [0.15, 0.2) is 213 Å². The van der Waals surface area contributed by atoms with Gasteiger partial charge in [-0.1, -0.05) is 132 Å². The molecule has 4 heterocycles. The second-order valence-electron chi connectivity index (χ2n) is 24.2. The average molecular weight is 1410 g/mol. The van der Waals surface area contributed by atoms with Gasteiger partial charge in [0.25, 0.3) is 22.2 Å². The summed E-state index contributed by atoms with van der Waals surface area (Å²) in [6.45, 7) is 10.5. The van der Waals surface area contributed by atoms with Crippen LogP contribution in [0.25, 0.3) is 22.7 Å². The summed E-state index contributed by atoms with van der Waals surface area (Å²) >= 11 is 13.0. The van der Waals surface area contributed by atoms with Gasteiger partial charge in [-0.05, 0) is 166 Å². The third kappa shape index (κ3) is 14.9. The molecule has 0 unspecified atom stereocenters. The number of nitrogens with one attached hydrogen (secondary N) is 8. The molecule has 0 fully saturated rings. The Kier molecular flexibility index (Phi) is 21.0. The first-order valence-corrected chi connectivity index (χ1v) is 33.1. The molecule has 520 valence electrons. The number of amides is 8. The highest BCUT2D eigenvalue weighted by Gasteiger charge is 2.25. The summed E-state index contributed by atoms with van der Waals surface area (Å²) in [4.78, 5) is 107. The normalized spacial score (nSPS) is 10.9. The smallest absolute Gasteiger partial charge is 0.307 e. The van der Waals surface area contributed by atoms with Crippen molar-refractivity contribution in [1.82, 2.24) is 37.5 Å². The van der Waals surface area contributed by atoms with E-state index in [2.05, 4.69) is 42.5 Å². The molecule has 0 saturated carbocycles. The highest BCUT2D eigenvalue weighted by molar-refractivity contribution is 6.31. The van der Waals surface area contributed by atoms with Crippen LogP contribution in [0, 0.1) is 41.5 Å². The second-order valence-corrected chi connectivity index (χ2v) is 25.1. The van der Waals surface area contributed by atoms with Crippen LogP contribution < -0.4 is 64.8 Å². The van der Waals surface area contributed by atoms with Crippen molar-refractivity contribution >= 4 is 92.8 Å². The first kappa shape index (κ1) is 70.8. The van der Waals surface area contributed by atoms with Crippen LogP contribution in [0.3, 0.4) is 0 Å². The predicted octanol–water partition coefficient (Wildman–Crippen LogP) is 14.2. The van der Waals surface area contributed by atoms with E-state index in [0.29, 0.717) is 108 Å². The number of hydrogen-bond acceptors (Lipinski definition) is 8. The molecule has 0 radical (unpaired) electrons. The topological polar surface area (TPSA) is 272 Å². The van der Waals surface area contributed by atoms with Crippen LogP contribution in [0.1, 0.15) is 56.2 Å². The molecule has 24 nitrogen and oxygen atoms in total. The Morgan fingerprint density at radius 1 is 0.314 bits per heavy atom. The number of urea groups is 4. The van der Waals surface area contributed by atoms with Gasteiger partial charge in [0.1, 0.15) is 22.7 Å². The molecule has 8 amide bonds. The van der Waals surface area contributed by atoms with Gasteiger partial charge in [-0.25, -0.2) is 37.9 Å². The molecule has 0 saturated heterocycles. The van der Waals surface area contributed by atoms with Crippen LogP contribution in [0.4, 0.5) is 64.7 Å². The van der Waals surface area contributed by atoms with E-state index in [1.165, 1.54) is 18.7 Å². The van der Waals surface area contributed by atoms with E-state index in [4.69, 9.17) is 23.2 Å². The van der Waals surface area contributed by atoms with E-state index in [9.17, 15) is 38.4 Å². The van der Waals surface area contributed by atoms with Crippen LogP contribution in [0.5, 0.6) is 0 Å². The summed E-state index contributed by atoms with van der Waals surface area (Å²) < 4.78 is 12.6. The van der Waals surface area contributed by atoms with E-state index in [1.807, 2.05) is 133 Å². The molecule has 0 atom stereocenters. The predicted molar refractivity (Wildman–Crippen MR) is 404 cm³/mol. The van der Waals surface area contributed by atoms with Crippen molar-refractivity contribution in [2.24, 2.45) is 28.2 Å². The summed E-state index contributed by atoms with van der Waals surface area (Å²) in [5.41, 5.74) is 9.83. The van der Waals surface area contributed by atoms with Gasteiger partial charge in [0.05, 0.1) is 45.5 Å². The highest BCUT2D eigenvalue weighted by Crippen LogP contribution is 2.33. The van der Waals surface area contributed by atoms with Gasteiger partial charge < -0.3 is 42.5 Å². The van der Waals surface area contributed by atoms with E-state index in [0.717, 1.165) is 16.7 Å². The summed E-state index contributed by atoms with van der Waals surface area (Å²) in [7, 11) is 6.98. The van der Waals surface area contributed by atoms with Gasteiger partial charge in [0.15, 0.2) is 0 Å². The van der Waals surface area contributed by atoms with Crippen molar-refractivity contribution < 1.29 is 19.2 Å². The molecule has 26 heteroatoms. The van der Waals surface area contributed by atoms with Gasteiger partial charge in [-0.3, -0.25) is 37.9 Å². The summed E-state index contributed by atoms with van der Waals surface area (Å²) in [5, 5.41) is 23.5. The fourth-order valence-corrected chi connectivity index (χ4v) is 12.3. The van der Waals surface area contributed by atoms with Gasteiger partial charge in [0, 0.05) is 67.4 Å². The van der Waals surface area contributed by atoms with E-state index < -0.39 is 24.1 Å². The highest BCUT2D eigenvalue weighted by atomic mass is 35.5. The molecule has 102 heavy (non-hydrogen) atoms. The Balaban J connectivity index is 0.000000205. The molecule has 0 aliphatic heterocycles. The van der Waals surface area contributed by atoms with Crippen molar-refractivity contribution in [3.8, 4) is 22.7 Å². The summed E-state index contributed by atoms with van der Waals surface area (Å²) in [6.07, 6.45) is 0.711. The number of aryl methyl sites for hydroxylation is 1. The largest absolute Gasteiger partial charge is 0.323 e. The van der Waals surface area contributed by atoms with Crippen LogP contribution in [-0.2, 0) is 41.0 Å². The molecule has 0 aliphatic rings. The first-order valence-electron chi connectivity index (χ1n) is 32.3. The molecule has 0 bridgehead atoms. The number of benzene rings is 8. The third-order valence-corrected chi connectivity index (χ3v) is 18.5. The van der Waals surface area contributed by atoms with Crippen LogP contribution >= 0.6 is 23.2 Å². The van der Waals surface area contributed by atoms with E-state index in [1.54, 1.807) is 149 Å². The molecule has 8 aromatic carbocycles. The second kappa shape index (κ2) is 30.3. The fourth-order valence-electron chi connectivity index (χ4n) is 11.9. The Hall–Kier alpha value is -12.5. The molecule has 12 rings (SSSR count). The fraction of sp³-hybridized carbons (Fsp3) is 0.158. The van der Waals surface area contributed by atoms with Crippen molar-refractivity contribution in [2.45, 2.75) is 54.4 Å². The van der Waals surface area contributed by atoms with Gasteiger partial charge >= 0.3 is 24.1 Å². The summed E-state index contributed by atoms with van der Waals surface area (Å²) in [6, 6.07) is 55.9. The molecular formula is C76H74Cl2N16O8. The minimum Gasteiger partial charge on any atom is -0.307 e. The minimum atomic E-state index is -0.643. The lowest BCUT2D eigenvalue weighted by Crippen LogP contribution is -2.27. The van der Waals surface area contributed by atoms with Crippen molar-refractivity contribution in [3.05, 3.63) is 302 Å². The zero-order chi connectivity index (χ0) is 72.8. The Bertz CT molecular complexity index is 5310. The lowest BCUT2D eigenvalue weighted by atomic mass is 10.00. The average Bonchev–Trinajstić information content (AvgIpc) is 1.64. The Morgan fingerprint density at radius 2 is 0.588 bits per heavy atom. The van der Waals surface area contributed by atoms with Crippen molar-refractivity contribution in [1.29, 1.82) is 0 Å². The van der Waals surface area contributed by atoms with Crippen LogP contribution in [0.2, 0.25) is 10.0 Å². The maximum Gasteiger partial charge on any atom is 0.323 e. The van der Waals surface area contributed by atoms with Crippen molar-refractivity contribution in [2.75, 3.05) is 42.5 Å². The number of anilines is 8. The number of halogens is 2. The lowest BCUT2D eigenvalue weighted by Gasteiger charge is -2.17. The number of carbonyl (C=O) groups excluding carboxylic acids is 4. The molecule has 12 aromatic rings. The molecule has 0 aliphatic carbocycles. The van der Waals surface area contributed by atoms with Gasteiger partial charge in [-0.2, -0.15) is 0 Å². The first-order chi connectivity index (χ1) is 48.9. The monoisotopic (exact) mass is 1410 g/mol. The SMILES string of the molecule is Cc1c(NC(=O)Nc2c(C)n(C)n(-c3ccccc3)c2=O)cc(Cc2ccccc2Cl)cc1NC(=O)Nc1c(C)n(C)n(-c2ccccc2)c1=O.Cc1cc(NC(=O)Nc2c(C)n(C)n(-c3ccccc3)c2=O)c(Cc2ccccc2Cl)cc1NC(=O)Nc1c(C)n(C)n(-c2ccccc2)c1=O. The number of nitrogens with zero attached hydrogens (tertiary/aromatic N) is 8. The molecular weight excluding hydrogens is 1340 g/mol. The molecule has 0 spiro atoms. The Labute approximate surface area is 595 Å². The maximum atomic E-state index is 13.5. The molecule has 4 aromatic heterocycles. The van der Waals surface area contributed by atoms with Gasteiger partial charge in [-0.15, -0.1) is 0 Å². The number of aromatic nitrogens is 8. The lowest BCUT2D eigenvalue weighted by molar-refractivity contribution is 0.261. The quantitative estimate of drug-likeness (QED) is 0.0460. The van der Waals surface area contributed by atoms with Crippen molar-refractivity contribution in [3.63, 3.8) is 0 Å². The number of para-hydroxylation sites is 4. The maximum absolute atomic E-state index is 13.5. The number of rotatable bonds is 16. The Morgan fingerprint density at radius 3 is 0.902 bits per heavy atom. The summed E-state index contributed by atoms with van der Waals surface area (Å²) in [5.74, 6) is 0. The standard InChI is InChI=1S/2C38H37ClN8O4/c1-23-31(40-37(50)42-33-24(2)44(4)46(35(33)48)28-15-8-6-9-16-28)21-26(20-27-14-12-13-19-30(27)39)22-32(23)41-38(51)43-34-25(3)45(5)47(36(34)49)29-17-10-7-11-18-29;1-23-20-32(41-38(51)43-34-25(3)45(5)47(36(34)49)29-17-10-7-11-18-29)27(21-26-14-12-13-19-30(26)39)22-31(23)40-37(50)42-33-24(2)44(4)46(35(33)48)28-15-8-6-9-16-28/h6-19,21-22H,20H2,1-5H3,(H2,40,42,50)(H2,41,43,51);6-20,22H,21H2,1-5H3,(H2,40,42,50)(H2,41,43,51).